The van der Waals surface area contributed by atoms with E-state index in [1.165, 1.54) is 19.3 Å². The number of carbonyl (C=O) groups excluding carboxylic acids is 3. The topological polar surface area (TPSA) is 101 Å². The van der Waals surface area contributed by atoms with E-state index >= 15 is 0 Å². The number of hydrogen-bond donors (Lipinski definition) is 2. The van der Waals surface area contributed by atoms with E-state index in [1.54, 1.807) is 11.8 Å². The number of likely N-dealkylation sites (tertiary alicyclic amines) is 1. The van der Waals surface area contributed by atoms with E-state index in [9.17, 15) is 14.4 Å². The van der Waals surface area contributed by atoms with E-state index in [2.05, 4.69) is 10.3 Å². The molecular formula is C29H41N3O5. The van der Waals surface area contributed by atoms with Crippen LogP contribution in [0.3, 0.4) is 0 Å². The number of esters is 1. The minimum atomic E-state index is -0.631. The molecular weight excluding hydrogens is 470 g/mol. The number of nitrogens with one attached hydrogen (secondary N) is 2. The Balaban J connectivity index is 1.61. The van der Waals surface area contributed by atoms with Gasteiger partial charge in [0.15, 0.2) is 0 Å². The molecule has 1 aliphatic heterocycles. The minimum Gasteiger partial charge on any atom is -0.461 e. The van der Waals surface area contributed by atoms with Crippen molar-refractivity contribution in [1.82, 2.24) is 9.88 Å². The number of H-pyrrole nitrogens is 1. The van der Waals surface area contributed by atoms with E-state index in [-0.39, 0.29) is 17.8 Å². The third kappa shape index (κ3) is 5.94. The summed E-state index contributed by atoms with van der Waals surface area (Å²) >= 11 is 0. The van der Waals surface area contributed by atoms with Crippen LogP contribution in [0.1, 0.15) is 89.2 Å². The van der Waals surface area contributed by atoms with Crippen molar-refractivity contribution in [2.24, 2.45) is 11.8 Å². The van der Waals surface area contributed by atoms with Gasteiger partial charge >= 0.3 is 12.1 Å². The Bertz CT molecular complexity index is 1140. The van der Waals surface area contributed by atoms with Gasteiger partial charge in [0, 0.05) is 23.1 Å². The molecule has 0 spiro atoms. The molecule has 2 amide bonds. The second-order valence-corrected chi connectivity index (χ2v) is 11.3. The van der Waals surface area contributed by atoms with Crippen molar-refractivity contribution in [2.45, 2.75) is 91.2 Å². The van der Waals surface area contributed by atoms with Gasteiger partial charge in [-0.25, -0.2) is 9.59 Å². The van der Waals surface area contributed by atoms with Crippen LogP contribution in [0.4, 0.5) is 10.5 Å². The van der Waals surface area contributed by atoms with Gasteiger partial charge in [-0.2, -0.15) is 0 Å². The van der Waals surface area contributed by atoms with E-state index in [1.807, 2.05) is 45.9 Å². The van der Waals surface area contributed by atoms with Crippen LogP contribution in [-0.2, 0) is 20.7 Å². The Morgan fingerprint density at radius 1 is 1.08 bits per heavy atom. The van der Waals surface area contributed by atoms with Crippen molar-refractivity contribution in [3.63, 3.8) is 0 Å². The molecule has 2 aliphatic rings. The summed E-state index contributed by atoms with van der Waals surface area (Å²) in [6.45, 7) is 10.1. The molecule has 202 valence electrons. The molecule has 2 heterocycles. The van der Waals surface area contributed by atoms with Crippen molar-refractivity contribution >= 4 is 34.6 Å². The zero-order valence-corrected chi connectivity index (χ0v) is 22.8. The van der Waals surface area contributed by atoms with Gasteiger partial charge in [-0.05, 0) is 76.1 Å². The number of anilines is 1. The third-order valence-corrected chi connectivity index (χ3v) is 7.60. The summed E-state index contributed by atoms with van der Waals surface area (Å²) in [4.78, 5) is 44.2. The number of aromatic amines is 1. The molecule has 1 aromatic carbocycles. The lowest BCUT2D eigenvalue weighted by molar-refractivity contribution is -0.122. The Hall–Kier alpha value is -3.03. The summed E-state index contributed by atoms with van der Waals surface area (Å²) in [5, 5.41) is 3.97. The first-order chi connectivity index (χ1) is 17.6. The van der Waals surface area contributed by atoms with Crippen LogP contribution < -0.4 is 5.32 Å². The van der Waals surface area contributed by atoms with Crippen LogP contribution in [0.5, 0.6) is 0 Å². The van der Waals surface area contributed by atoms with Gasteiger partial charge in [0.1, 0.15) is 17.3 Å². The molecule has 0 bridgehead atoms. The first kappa shape index (κ1) is 27.0. The van der Waals surface area contributed by atoms with Gasteiger partial charge < -0.3 is 19.8 Å². The molecule has 2 aromatic rings. The van der Waals surface area contributed by atoms with E-state index in [4.69, 9.17) is 9.47 Å². The molecule has 1 saturated carbocycles. The predicted molar refractivity (Wildman–Crippen MR) is 144 cm³/mol. The highest BCUT2D eigenvalue weighted by atomic mass is 16.6. The number of aromatic nitrogens is 1. The van der Waals surface area contributed by atoms with E-state index in [0.29, 0.717) is 36.9 Å². The van der Waals surface area contributed by atoms with Crippen molar-refractivity contribution in [3.05, 3.63) is 29.5 Å². The average molecular weight is 512 g/mol. The largest absolute Gasteiger partial charge is 0.461 e. The minimum absolute atomic E-state index is 0.116. The number of carbonyl (C=O) groups is 3. The number of amides is 2. The number of ether oxygens (including phenoxy) is 2. The van der Waals surface area contributed by atoms with Gasteiger partial charge in [0.05, 0.1) is 6.61 Å². The number of hydrogen-bond acceptors (Lipinski definition) is 5. The summed E-state index contributed by atoms with van der Waals surface area (Å²) in [6, 6.07) is 5.02. The zero-order chi connectivity index (χ0) is 26.7. The predicted octanol–water partition coefficient (Wildman–Crippen LogP) is 6.05. The van der Waals surface area contributed by atoms with Gasteiger partial charge in [0.25, 0.3) is 0 Å². The summed E-state index contributed by atoms with van der Waals surface area (Å²) in [5.74, 6) is -0.0127. The van der Waals surface area contributed by atoms with Crippen LogP contribution in [-0.4, -0.2) is 52.6 Å². The van der Waals surface area contributed by atoms with Gasteiger partial charge in [0.2, 0.25) is 5.91 Å². The Labute approximate surface area is 219 Å². The molecule has 2 N–H and O–H groups in total. The lowest BCUT2D eigenvalue weighted by Gasteiger charge is -2.34. The van der Waals surface area contributed by atoms with Gasteiger partial charge in [-0.3, -0.25) is 9.69 Å². The van der Waals surface area contributed by atoms with E-state index < -0.39 is 17.7 Å². The van der Waals surface area contributed by atoms with Crippen LogP contribution in [0.2, 0.25) is 0 Å². The highest BCUT2D eigenvalue weighted by Crippen LogP contribution is 2.40. The zero-order valence-electron chi connectivity index (χ0n) is 22.8. The quantitative estimate of drug-likeness (QED) is 0.460. The fourth-order valence-corrected chi connectivity index (χ4v) is 6.02. The number of benzene rings is 1. The second-order valence-electron chi connectivity index (χ2n) is 11.3. The Kier molecular flexibility index (Phi) is 8.14. The monoisotopic (exact) mass is 511 g/mol. The second kappa shape index (κ2) is 11.2. The number of nitrogens with zero attached hydrogens (tertiary/aromatic N) is 1. The molecule has 0 unspecified atom stereocenters. The van der Waals surface area contributed by atoms with Crippen LogP contribution >= 0.6 is 0 Å². The molecule has 1 aromatic heterocycles. The fourth-order valence-electron chi connectivity index (χ4n) is 6.02. The lowest BCUT2D eigenvalue weighted by Crippen LogP contribution is -2.49. The van der Waals surface area contributed by atoms with Crippen molar-refractivity contribution < 1.29 is 23.9 Å². The highest BCUT2D eigenvalue weighted by Gasteiger charge is 2.46. The molecule has 2 fully saturated rings. The highest BCUT2D eigenvalue weighted by molar-refractivity contribution is 6.02. The molecule has 0 radical (unpaired) electrons. The van der Waals surface area contributed by atoms with Crippen molar-refractivity contribution in [1.29, 1.82) is 0 Å². The lowest BCUT2D eigenvalue weighted by atomic mass is 9.76. The third-order valence-electron chi connectivity index (χ3n) is 7.60. The fraction of sp³-hybridized carbons (Fsp3) is 0.621. The SMILES string of the molecule is CCOC(=O)c1[nH]c2ccc(NC(=O)[C@@H]3[C@H](C4CCCCC4)CCN3C(=O)OC(C)(C)C)cc2c1CC. The first-order valence-electron chi connectivity index (χ1n) is 13.7. The van der Waals surface area contributed by atoms with Crippen molar-refractivity contribution in [2.75, 3.05) is 18.5 Å². The smallest absolute Gasteiger partial charge is 0.410 e. The van der Waals surface area contributed by atoms with Crippen LogP contribution in [0.15, 0.2) is 18.2 Å². The van der Waals surface area contributed by atoms with Gasteiger partial charge in [-0.15, -0.1) is 0 Å². The number of rotatable bonds is 6. The molecule has 2 atom stereocenters. The van der Waals surface area contributed by atoms with Crippen LogP contribution in [0, 0.1) is 11.8 Å². The average Bonchev–Trinajstić information content (AvgIpc) is 3.45. The molecule has 4 rings (SSSR count). The van der Waals surface area contributed by atoms with Crippen LogP contribution in [0.25, 0.3) is 10.9 Å². The molecule has 1 aliphatic carbocycles. The maximum Gasteiger partial charge on any atom is 0.410 e. The summed E-state index contributed by atoms with van der Waals surface area (Å²) in [5.41, 5.74) is 2.13. The first-order valence-corrected chi connectivity index (χ1v) is 13.7. The maximum atomic E-state index is 13.8. The molecule has 8 nitrogen and oxygen atoms in total. The van der Waals surface area contributed by atoms with E-state index in [0.717, 1.165) is 35.7 Å². The maximum absolute atomic E-state index is 13.8. The Morgan fingerprint density at radius 3 is 2.46 bits per heavy atom. The summed E-state index contributed by atoms with van der Waals surface area (Å²) in [6.07, 6.45) is 6.81. The Morgan fingerprint density at radius 2 is 1.81 bits per heavy atom. The molecule has 37 heavy (non-hydrogen) atoms. The number of fused-ring (bicyclic) bond motifs is 1. The summed E-state index contributed by atoms with van der Waals surface area (Å²) < 4.78 is 10.9. The normalized spacial score (nSPS) is 20.7. The molecule has 1 saturated heterocycles. The number of aryl methyl sites for hydroxylation is 1. The standard InChI is InChI=1S/C29H41N3O5/c1-6-20-22-17-19(13-14-23(22)31-24(20)27(34)36-7-2)30-26(33)25-21(18-11-9-8-10-12-18)15-16-32(25)28(35)37-29(3,4)5/h13-14,17-18,21,25,31H,6-12,15-16H2,1-5H3,(H,30,33)/t21-,25-/m0/s1. The van der Waals surface area contributed by atoms with Gasteiger partial charge in [-0.1, -0.05) is 39.0 Å². The summed E-state index contributed by atoms with van der Waals surface area (Å²) in [7, 11) is 0. The molecule has 8 heteroatoms. The van der Waals surface area contributed by atoms with Crippen molar-refractivity contribution in [3.8, 4) is 0 Å².